The van der Waals surface area contributed by atoms with E-state index in [0.29, 0.717) is 4.47 Å². The maximum absolute atomic E-state index is 13.2. The Bertz CT molecular complexity index is 554. The van der Waals surface area contributed by atoms with Crippen LogP contribution in [-0.4, -0.2) is 0 Å². The second-order valence-corrected chi connectivity index (χ2v) is 5.38. The monoisotopic (exact) mass is 326 g/mol. The summed E-state index contributed by atoms with van der Waals surface area (Å²) in [5, 5.41) is -0.252. The SMILES string of the molecule is CCc1ccccc1C(Cl)c1ccc(F)c(Br)c1. The molecule has 1 unspecified atom stereocenters. The van der Waals surface area contributed by atoms with E-state index in [1.807, 2.05) is 18.2 Å². The first-order valence-corrected chi connectivity index (χ1v) is 7.03. The Labute approximate surface area is 120 Å². The lowest BCUT2D eigenvalue weighted by molar-refractivity contribution is 0.620. The van der Waals surface area contributed by atoms with Crippen LogP contribution in [0.3, 0.4) is 0 Å². The highest BCUT2D eigenvalue weighted by molar-refractivity contribution is 9.10. The smallest absolute Gasteiger partial charge is 0.137 e. The standard InChI is InChI=1S/C15H13BrClF/c1-2-10-5-3-4-6-12(10)15(17)11-7-8-14(18)13(16)9-11/h3-9,15H,2H2,1H3. The molecule has 0 radical (unpaired) electrons. The summed E-state index contributed by atoms with van der Waals surface area (Å²) in [4.78, 5) is 0. The third-order valence-electron chi connectivity index (χ3n) is 2.95. The van der Waals surface area contributed by atoms with Crippen molar-refractivity contribution in [2.75, 3.05) is 0 Å². The third kappa shape index (κ3) is 2.76. The molecule has 0 aliphatic carbocycles. The van der Waals surface area contributed by atoms with Gasteiger partial charge in [-0.05, 0) is 51.2 Å². The second kappa shape index (κ2) is 5.85. The molecule has 0 saturated heterocycles. The van der Waals surface area contributed by atoms with Crippen LogP contribution in [0.15, 0.2) is 46.9 Å². The van der Waals surface area contributed by atoms with Crippen molar-refractivity contribution < 1.29 is 4.39 Å². The molecule has 18 heavy (non-hydrogen) atoms. The van der Waals surface area contributed by atoms with E-state index in [2.05, 4.69) is 28.9 Å². The number of halogens is 3. The molecule has 1 atom stereocenters. The van der Waals surface area contributed by atoms with Gasteiger partial charge in [0.25, 0.3) is 0 Å². The van der Waals surface area contributed by atoms with Gasteiger partial charge in [0.2, 0.25) is 0 Å². The Kier molecular flexibility index (Phi) is 4.41. The number of hydrogen-bond donors (Lipinski definition) is 0. The molecular formula is C15H13BrClF. The van der Waals surface area contributed by atoms with Crippen molar-refractivity contribution in [3.05, 3.63) is 69.4 Å². The number of alkyl halides is 1. The van der Waals surface area contributed by atoms with Crippen LogP contribution in [0.4, 0.5) is 4.39 Å². The fourth-order valence-electron chi connectivity index (χ4n) is 1.95. The average Bonchev–Trinajstić information content (AvgIpc) is 2.41. The van der Waals surface area contributed by atoms with Gasteiger partial charge in [-0.2, -0.15) is 0 Å². The molecule has 3 heteroatoms. The van der Waals surface area contributed by atoms with Crippen LogP contribution in [0.1, 0.15) is 29.0 Å². The molecule has 0 aromatic heterocycles. The quantitative estimate of drug-likeness (QED) is 0.655. The summed E-state index contributed by atoms with van der Waals surface area (Å²) in [7, 11) is 0. The van der Waals surface area contributed by atoms with Gasteiger partial charge in [-0.3, -0.25) is 0 Å². The van der Waals surface area contributed by atoms with E-state index in [1.165, 1.54) is 11.6 Å². The molecule has 0 fully saturated rings. The normalized spacial score (nSPS) is 12.4. The molecule has 0 spiro atoms. The first-order chi connectivity index (χ1) is 8.63. The summed E-state index contributed by atoms with van der Waals surface area (Å²) in [5.74, 6) is -0.272. The van der Waals surface area contributed by atoms with Crippen LogP contribution in [-0.2, 0) is 6.42 Å². The second-order valence-electron chi connectivity index (χ2n) is 4.09. The highest BCUT2D eigenvalue weighted by Crippen LogP contribution is 2.33. The van der Waals surface area contributed by atoms with Crippen LogP contribution >= 0.6 is 27.5 Å². The topological polar surface area (TPSA) is 0 Å². The van der Waals surface area contributed by atoms with Crippen LogP contribution < -0.4 is 0 Å². The van der Waals surface area contributed by atoms with Crippen molar-refractivity contribution in [2.24, 2.45) is 0 Å². The maximum atomic E-state index is 13.2. The van der Waals surface area contributed by atoms with Gasteiger partial charge in [0, 0.05) is 0 Å². The van der Waals surface area contributed by atoms with Crippen LogP contribution in [0.2, 0.25) is 0 Å². The van der Waals surface area contributed by atoms with E-state index in [4.69, 9.17) is 11.6 Å². The van der Waals surface area contributed by atoms with Gasteiger partial charge in [-0.1, -0.05) is 37.3 Å². The Hall–Kier alpha value is -0.860. The molecule has 0 bridgehead atoms. The van der Waals surface area contributed by atoms with E-state index < -0.39 is 0 Å². The predicted octanol–water partition coefficient (Wildman–Crippen LogP) is 5.48. The molecule has 0 nitrogen and oxygen atoms in total. The molecule has 0 heterocycles. The summed E-state index contributed by atoms with van der Waals surface area (Å²) >= 11 is 9.69. The fourth-order valence-corrected chi connectivity index (χ4v) is 2.70. The van der Waals surface area contributed by atoms with Gasteiger partial charge in [-0.25, -0.2) is 4.39 Å². The molecule has 0 aliphatic heterocycles. The lowest BCUT2D eigenvalue weighted by atomic mass is 9.98. The van der Waals surface area contributed by atoms with Crippen molar-refractivity contribution in [1.82, 2.24) is 0 Å². The van der Waals surface area contributed by atoms with E-state index in [0.717, 1.165) is 17.5 Å². The Balaban J connectivity index is 2.41. The molecule has 0 N–H and O–H groups in total. The van der Waals surface area contributed by atoms with E-state index in [1.54, 1.807) is 12.1 Å². The van der Waals surface area contributed by atoms with Crippen LogP contribution in [0.5, 0.6) is 0 Å². The van der Waals surface area contributed by atoms with E-state index in [-0.39, 0.29) is 11.2 Å². The van der Waals surface area contributed by atoms with Crippen molar-refractivity contribution >= 4 is 27.5 Å². The summed E-state index contributed by atoms with van der Waals surface area (Å²) in [6.07, 6.45) is 0.932. The van der Waals surface area contributed by atoms with Crippen molar-refractivity contribution in [1.29, 1.82) is 0 Å². The summed E-state index contributed by atoms with van der Waals surface area (Å²) in [6, 6.07) is 13.0. The number of aryl methyl sites for hydroxylation is 1. The van der Waals surface area contributed by atoms with Crippen LogP contribution in [0, 0.1) is 5.82 Å². The minimum atomic E-state index is -0.272. The first kappa shape index (κ1) is 13.6. The minimum absolute atomic E-state index is 0.252. The maximum Gasteiger partial charge on any atom is 0.137 e. The summed E-state index contributed by atoms with van der Waals surface area (Å²) in [5.41, 5.74) is 3.20. The molecule has 2 aromatic carbocycles. The summed E-state index contributed by atoms with van der Waals surface area (Å²) < 4.78 is 13.7. The number of hydrogen-bond acceptors (Lipinski definition) is 0. The van der Waals surface area contributed by atoms with E-state index >= 15 is 0 Å². The zero-order valence-electron chi connectivity index (χ0n) is 9.96. The fraction of sp³-hybridized carbons (Fsp3) is 0.200. The van der Waals surface area contributed by atoms with Gasteiger partial charge >= 0.3 is 0 Å². The average molecular weight is 328 g/mol. The van der Waals surface area contributed by atoms with Gasteiger partial charge < -0.3 is 0 Å². The Morgan fingerprint density at radius 3 is 2.61 bits per heavy atom. The van der Waals surface area contributed by atoms with Gasteiger partial charge in [0.05, 0.1) is 9.85 Å². The zero-order chi connectivity index (χ0) is 13.1. The summed E-state index contributed by atoms with van der Waals surface area (Å²) in [6.45, 7) is 2.10. The van der Waals surface area contributed by atoms with Gasteiger partial charge in [-0.15, -0.1) is 11.6 Å². The highest BCUT2D eigenvalue weighted by Gasteiger charge is 2.14. The molecular weight excluding hydrogens is 315 g/mol. The highest BCUT2D eigenvalue weighted by atomic mass is 79.9. The van der Waals surface area contributed by atoms with E-state index in [9.17, 15) is 4.39 Å². The third-order valence-corrected chi connectivity index (χ3v) is 4.04. The van der Waals surface area contributed by atoms with Crippen molar-refractivity contribution in [3.8, 4) is 0 Å². The van der Waals surface area contributed by atoms with Gasteiger partial charge in [0.15, 0.2) is 0 Å². The molecule has 2 rings (SSSR count). The Morgan fingerprint density at radius 1 is 1.22 bits per heavy atom. The minimum Gasteiger partial charge on any atom is -0.206 e. The number of benzene rings is 2. The molecule has 0 amide bonds. The molecule has 0 aliphatic rings. The van der Waals surface area contributed by atoms with Crippen molar-refractivity contribution in [3.63, 3.8) is 0 Å². The lowest BCUT2D eigenvalue weighted by Gasteiger charge is -2.14. The van der Waals surface area contributed by atoms with Gasteiger partial charge in [0.1, 0.15) is 5.82 Å². The molecule has 2 aromatic rings. The lowest BCUT2D eigenvalue weighted by Crippen LogP contribution is -1.98. The molecule has 94 valence electrons. The first-order valence-electron chi connectivity index (χ1n) is 5.80. The number of rotatable bonds is 3. The largest absolute Gasteiger partial charge is 0.206 e. The zero-order valence-corrected chi connectivity index (χ0v) is 12.3. The van der Waals surface area contributed by atoms with Crippen molar-refractivity contribution in [2.45, 2.75) is 18.7 Å². The Morgan fingerprint density at radius 2 is 1.94 bits per heavy atom. The molecule has 0 saturated carbocycles. The van der Waals surface area contributed by atoms with Crippen LogP contribution in [0.25, 0.3) is 0 Å². The predicted molar refractivity (Wildman–Crippen MR) is 77.6 cm³/mol.